The molecule has 4 nitrogen and oxygen atoms in total. The lowest BCUT2D eigenvalue weighted by Crippen LogP contribution is -2.41. The van der Waals surface area contributed by atoms with Gasteiger partial charge in [0.25, 0.3) is 0 Å². The van der Waals surface area contributed by atoms with Crippen LogP contribution in [-0.2, 0) is 6.54 Å². The number of benzene rings is 3. The van der Waals surface area contributed by atoms with Crippen molar-refractivity contribution in [2.24, 2.45) is 5.92 Å². The van der Waals surface area contributed by atoms with Crippen LogP contribution in [0.15, 0.2) is 54.6 Å². The standard InChI is InChI=1S/C28H26Cl3N3O/c1-16-14-33(18-9-10-18)15-22(16)17-11-20(19-5-2-3-6-23(19)29)21-13-32-28(35)34(26(21)12-17)27-24(30)7-4-8-25(27)31/h2-8,11-12,16,18,22H,9-10,13-15H2,1H3,(H,32,35). The summed E-state index contributed by atoms with van der Waals surface area (Å²) in [7, 11) is 0. The van der Waals surface area contributed by atoms with Gasteiger partial charge in [-0.1, -0.05) is 72.1 Å². The fourth-order valence-electron chi connectivity index (χ4n) is 5.65. The Labute approximate surface area is 220 Å². The van der Waals surface area contributed by atoms with E-state index in [0.29, 0.717) is 39.1 Å². The molecule has 3 aromatic carbocycles. The Morgan fingerprint density at radius 1 is 0.886 bits per heavy atom. The van der Waals surface area contributed by atoms with Crippen molar-refractivity contribution in [3.05, 3.63) is 80.8 Å². The zero-order chi connectivity index (χ0) is 24.3. The predicted octanol–water partition coefficient (Wildman–Crippen LogP) is 7.87. The van der Waals surface area contributed by atoms with E-state index in [1.54, 1.807) is 23.1 Å². The number of para-hydroxylation sites is 1. The molecule has 35 heavy (non-hydrogen) atoms. The molecule has 0 spiro atoms. The summed E-state index contributed by atoms with van der Waals surface area (Å²) in [5.41, 5.74) is 5.52. The molecule has 1 saturated heterocycles. The number of halogens is 3. The van der Waals surface area contributed by atoms with Crippen molar-refractivity contribution in [1.82, 2.24) is 10.2 Å². The van der Waals surface area contributed by atoms with Crippen LogP contribution in [0.3, 0.4) is 0 Å². The lowest BCUT2D eigenvalue weighted by Gasteiger charge is -2.34. The number of likely N-dealkylation sites (tertiary alicyclic amines) is 1. The highest BCUT2D eigenvalue weighted by Gasteiger charge is 2.40. The first-order valence-electron chi connectivity index (χ1n) is 12.1. The van der Waals surface area contributed by atoms with Gasteiger partial charge in [0.1, 0.15) is 0 Å². The first kappa shape index (κ1) is 23.2. The molecule has 180 valence electrons. The van der Waals surface area contributed by atoms with Crippen LogP contribution in [0.25, 0.3) is 11.1 Å². The van der Waals surface area contributed by atoms with Crippen molar-refractivity contribution in [2.45, 2.75) is 38.3 Å². The molecule has 0 aromatic heterocycles. The van der Waals surface area contributed by atoms with Gasteiger partial charge >= 0.3 is 6.03 Å². The van der Waals surface area contributed by atoms with E-state index in [1.165, 1.54) is 18.4 Å². The van der Waals surface area contributed by atoms with Gasteiger partial charge in [0.2, 0.25) is 0 Å². The summed E-state index contributed by atoms with van der Waals surface area (Å²) in [5.74, 6) is 0.887. The number of urea groups is 1. The molecule has 0 radical (unpaired) electrons. The number of carbonyl (C=O) groups is 1. The molecule has 7 heteroatoms. The highest BCUT2D eigenvalue weighted by molar-refractivity contribution is 6.40. The Bertz CT molecular complexity index is 1300. The number of anilines is 2. The van der Waals surface area contributed by atoms with Crippen molar-refractivity contribution in [2.75, 3.05) is 18.0 Å². The van der Waals surface area contributed by atoms with E-state index in [0.717, 1.165) is 41.5 Å². The molecule has 2 fully saturated rings. The molecule has 2 unspecified atom stereocenters. The number of carbonyl (C=O) groups excluding carboxylic acids is 1. The van der Waals surface area contributed by atoms with Crippen LogP contribution in [0.2, 0.25) is 15.1 Å². The molecule has 1 N–H and O–H groups in total. The third-order valence-corrected chi connectivity index (χ3v) is 8.51. The Hall–Kier alpha value is -2.24. The molecule has 1 saturated carbocycles. The monoisotopic (exact) mass is 525 g/mol. The first-order chi connectivity index (χ1) is 16.9. The molecule has 3 aliphatic rings. The van der Waals surface area contributed by atoms with E-state index in [-0.39, 0.29) is 6.03 Å². The van der Waals surface area contributed by atoms with Crippen LogP contribution < -0.4 is 10.2 Å². The minimum Gasteiger partial charge on any atom is -0.333 e. The van der Waals surface area contributed by atoms with Gasteiger partial charge in [-0.15, -0.1) is 0 Å². The number of amides is 2. The van der Waals surface area contributed by atoms with E-state index < -0.39 is 0 Å². The summed E-state index contributed by atoms with van der Waals surface area (Å²) in [4.78, 5) is 17.5. The van der Waals surface area contributed by atoms with Crippen LogP contribution in [0.5, 0.6) is 0 Å². The summed E-state index contributed by atoms with van der Waals surface area (Å²) < 4.78 is 0. The lowest BCUT2D eigenvalue weighted by molar-refractivity contribution is 0.247. The third kappa shape index (κ3) is 4.11. The topological polar surface area (TPSA) is 35.6 Å². The molecule has 1 aliphatic carbocycles. The SMILES string of the molecule is CC1CN(C2CC2)CC1c1cc(-c2ccccc2Cl)c2c(c1)N(c1c(Cl)cccc1Cl)C(=O)NC2. The van der Waals surface area contributed by atoms with Gasteiger partial charge < -0.3 is 5.32 Å². The Morgan fingerprint density at radius 3 is 2.31 bits per heavy atom. The van der Waals surface area contributed by atoms with Gasteiger partial charge in [-0.2, -0.15) is 0 Å². The number of nitrogens with one attached hydrogen (secondary N) is 1. The summed E-state index contributed by atoms with van der Waals surface area (Å²) >= 11 is 19.9. The van der Waals surface area contributed by atoms with Gasteiger partial charge in [-0.25, -0.2) is 4.79 Å². The van der Waals surface area contributed by atoms with E-state index in [1.807, 2.05) is 24.3 Å². The number of hydrogen-bond donors (Lipinski definition) is 1. The van der Waals surface area contributed by atoms with Crippen molar-refractivity contribution in [1.29, 1.82) is 0 Å². The van der Waals surface area contributed by atoms with Gasteiger partial charge in [-0.05, 0) is 54.2 Å². The molecule has 0 bridgehead atoms. The average molecular weight is 527 g/mol. The van der Waals surface area contributed by atoms with Gasteiger partial charge in [0, 0.05) is 47.7 Å². The Morgan fingerprint density at radius 2 is 1.60 bits per heavy atom. The van der Waals surface area contributed by atoms with Crippen LogP contribution in [0.4, 0.5) is 16.2 Å². The molecule has 6 rings (SSSR count). The highest BCUT2D eigenvalue weighted by atomic mass is 35.5. The maximum atomic E-state index is 13.3. The predicted molar refractivity (Wildman–Crippen MR) is 144 cm³/mol. The third-order valence-electron chi connectivity index (χ3n) is 7.57. The van der Waals surface area contributed by atoms with E-state index in [9.17, 15) is 4.79 Å². The molecule has 2 amide bonds. The van der Waals surface area contributed by atoms with E-state index in [2.05, 4.69) is 29.3 Å². The molecule has 2 aliphatic heterocycles. The molecular formula is C28H26Cl3N3O. The maximum Gasteiger partial charge on any atom is 0.326 e. The summed E-state index contributed by atoms with van der Waals surface area (Å²) in [5, 5.41) is 4.56. The highest BCUT2D eigenvalue weighted by Crippen LogP contribution is 2.47. The second-order valence-electron chi connectivity index (χ2n) is 9.88. The minimum absolute atomic E-state index is 0.242. The van der Waals surface area contributed by atoms with Crippen LogP contribution in [0, 0.1) is 5.92 Å². The molecular weight excluding hydrogens is 501 g/mol. The van der Waals surface area contributed by atoms with Crippen molar-refractivity contribution < 1.29 is 4.79 Å². The second-order valence-corrected chi connectivity index (χ2v) is 11.1. The number of fused-ring (bicyclic) bond motifs is 1. The van der Waals surface area contributed by atoms with E-state index in [4.69, 9.17) is 34.8 Å². The summed E-state index contributed by atoms with van der Waals surface area (Å²) in [6, 6.07) is 18.1. The fourth-order valence-corrected chi connectivity index (χ4v) is 6.45. The van der Waals surface area contributed by atoms with Crippen molar-refractivity contribution >= 4 is 52.2 Å². The zero-order valence-electron chi connectivity index (χ0n) is 19.4. The maximum absolute atomic E-state index is 13.3. The van der Waals surface area contributed by atoms with Crippen molar-refractivity contribution in [3.8, 4) is 11.1 Å². The molecule has 2 atom stereocenters. The van der Waals surface area contributed by atoms with E-state index >= 15 is 0 Å². The van der Waals surface area contributed by atoms with Crippen molar-refractivity contribution in [3.63, 3.8) is 0 Å². The average Bonchev–Trinajstić information content (AvgIpc) is 3.61. The normalized spacial score (nSPS) is 22.3. The minimum atomic E-state index is -0.242. The quantitative estimate of drug-likeness (QED) is 0.375. The van der Waals surface area contributed by atoms with Gasteiger partial charge in [0.15, 0.2) is 0 Å². The van der Waals surface area contributed by atoms with Crippen LogP contribution in [-0.4, -0.2) is 30.1 Å². The molecule has 2 heterocycles. The second kappa shape index (κ2) is 9.01. The van der Waals surface area contributed by atoms with Crippen LogP contribution >= 0.6 is 34.8 Å². The number of nitrogens with zero attached hydrogens (tertiary/aromatic N) is 2. The number of rotatable bonds is 4. The number of hydrogen-bond acceptors (Lipinski definition) is 2. The fraction of sp³-hybridized carbons (Fsp3) is 0.321. The first-order valence-corrected chi connectivity index (χ1v) is 13.2. The van der Waals surface area contributed by atoms with Gasteiger partial charge in [-0.3, -0.25) is 9.80 Å². The zero-order valence-corrected chi connectivity index (χ0v) is 21.7. The smallest absolute Gasteiger partial charge is 0.326 e. The summed E-state index contributed by atoms with van der Waals surface area (Å²) in [6.45, 7) is 4.87. The Balaban J connectivity index is 1.56. The molecule has 3 aromatic rings. The largest absolute Gasteiger partial charge is 0.333 e. The summed E-state index contributed by atoms with van der Waals surface area (Å²) in [6.07, 6.45) is 2.60. The van der Waals surface area contributed by atoms with Gasteiger partial charge in [0.05, 0.1) is 21.4 Å². The lowest BCUT2D eigenvalue weighted by atomic mass is 9.85. The Kier molecular flexibility index (Phi) is 5.96. The van der Waals surface area contributed by atoms with Crippen LogP contribution in [0.1, 0.15) is 36.8 Å².